The number of aromatic nitrogens is 2. The van der Waals surface area contributed by atoms with Crippen molar-refractivity contribution in [1.82, 2.24) is 9.97 Å². The van der Waals surface area contributed by atoms with Gasteiger partial charge in [-0.25, -0.2) is 4.98 Å². The van der Waals surface area contributed by atoms with Gasteiger partial charge in [0.2, 0.25) is 5.95 Å². The molecule has 1 unspecified atom stereocenters. The summed E-state index contributed by atoms with van der Waals surface area (Å²) in [5.41, 5.74) is 0. The first-order valence-corrected chi connectivity index (χ1v) is 7.16. The van der Waals surface area contributed by atoms with Crippen LogP contribution in [0.2, 0.25) is 0 Å². The van der Waals surface area contributed by atoms with E-state index in [2.05, 4.69) is 20.2 Å². The zero-order valence-corrected chi connectivity index (χ0v) is 11.1. The lowest BCUT2D eigenvalue weighted by Crippen LogP contribution is -2.35. The van der Waals surface area contributed by atoms with Gasteiger partial charge in [0, 0.05) is 25.8 Å². The summed E-state index contributed by atoms with van der Waals surface area (Å²) in [7, 11) is 1.87. The Labute approximate surface area is 109 Å². The first kappa shape index (κ1) is 11.8. The molecule has 1 N–H and O–H groups in total. The Morgan fingerprint density at radius 2 is 2.06 bits per heavy atom. The second-order valence-corrected chi connectivity index (χ2v) is 5.44. The highest BCUT2D eigenvalue weighted by molar-refractivity contribution is 5.44. The van der Waals surface area contributed by atoms with Crippen LogP contribution in [-0.2, 0) is 0 Å². The van der Waals surface area contributed by atoms with E-state index in [0.717, 1.165) is 24.2 Å². The summed E-state index contributed by atoms with van der Waals surface area (Å²) in [5, 5.41) is 3.03. The molecule has 1 aromatic heterocycles. The van der Waals surface area contributed by atoms with Gasteiger partial charge in [-0.2, -0.15) is 4.98 Å². The highest BCUT2D eigenvalue weighted by Crippen LogP contribution is 2.37. The van der Waals surface area contributed by atoms with Gasteiger partial charge in [-0.1, -0.05) is 12.8 Å². The molecule has 4 nitrogen and oxygen atoms in total. The molecule has 1 aromatic rings. The number of nitrogens with zero attached hydrogens (tertiary/aromatic N) is 3. The van der Waals surface area contributed by atoms with E-state index in [9.17, 15) is 0 Å². The van der Waals surface area contributed by atoms with Gasteiger partial charge >= 0.3 is 0 Å². The minimum atomic E-state index is 0.715. The number of nitrogens with one attached hydrogen (secondary N) is 1. The summed E-state index contributed by atoms with van der Waals surface area (Å²) >= 11 is 0. The molecule has 4 heteroatoms. The van der Waals surface area contributed by atoms with E-state index in [1.165, 1.54) is 38.5 Å². The molecule has 0 spiro atoms. The van der Waals surface area contributed by atoms with E-state index in [0.29, 0.717) is 6.04 Å². The quantitative estimate of drug-likeness (QED) is 0.890. The predicted octanol–water partition coefficient (Wildman–Crippen LogP) is 2.68. The van der Waals surface area contributed by atoms with Crippen LogP contribution < -0.4 is 10.2 Å². The highest BCUT2D eigenvalue weighted by atomic mass is 15.3. The van der Waals surface area contributed by atoms with Gasteiger partial charge in [0.15, 0.2) is 0 Å². The fourth-order valence-corrected chi connectivity index (χ4v) is 3.54. The molecule has 1 saturated carbocycles. The molecule has 1 saturated heterocycles. The van der Waals surface area contributed by atoms with Crippen molar-refractivity contribution in [2.24, 2.45) is 5.92 Å². The van der Waals surface area contributed by atoms with Gasteiger partial charge in [-0.15, -0.1) is 0 Å². The Hall–Kier alpha value is -1.32. The molecule has 0 aromatic carbocycles. The third kappa shape index (κ3) is 2.16. The van der Waals surface area contributed by atoms with Crippen molar-refractivity contribution < 1.29 is 0 Å². The fourth-order valence-electron chi connectivity index (χ4n) is 3.54. The molecule has 3 rings (SSSR count). The Balaban J connectivity index is 1.80. The standard InChI is InChI=1S/C14H22N4/c1-15-14-16-9-8-13(17-14)18-10-4-7-12(18)11-5-2-3-6-11/h8-9,11-12H,2-7,10H2,1H3,(H,15,16,17). The Morgan fingerprint density at radius 1 is 1.22 bits per heavy atom. The van der Waals surface area contributed by atoms with E-state index in [1.807, 2.05) is 19.3 Å². The van der Waals surface area contributed by atoms with Gasteiger partial charge in [0.05, 0.1) is 0 Å². The average Bonchev–Trinajstić information content (AvgIpc) is 3.09. The zero-order chi connectivity index (χ0) is 12.4. The van der Waals surface area contributed by atoms with Crippen LogP contribution in [0.15, 0.2) is 12.3 Å². The van der Waals surface area contributed by atoms with Crippen LogP contribution in [0.4, 0.5) is 11.8 Å². The largest absolute Gasteiger partial charge is 0.357 e. The third-order valence-electron chi connectivity index (χ3n) is 4.40. The SMILES string of the molecule is CNc1nccc(N2CCCC2C2CCCC2)n1. The van der Waals surface area contributed by atoms with Crippen LogP contribution in [0.3, 0.4) is 0 Å². The Morgan fingerprint density at radius 3 is 2.83 bits per heavy atom. The van der Waals surface area contributed by atoms with Crippen molar-refractivity contribution >= 4 is 11.8 Å². The van der Waals surface area contributed by atoms with Crippen molar-refractivity contribution in [3.8, 4) is 0 Å². The molecule has 98 valence electrons. The van der Waals surface area contributed by atoms with Gasteiger partial charge < -0.3 is 10.2 Å². The maximum absolute atomic E-state index is 4.60. The maximum Gasteiger partial charge on any atom is 0.224 e. The normalized spacial score (nSPS) is 24.7. The first-order chi connectivity index (χ1) is 8.88. The second kappa shape index (κ2) is 5.12. The summed E-state index contributed by atoms with van der Waals surface area (Å²) < 4.78 is 0. The van der Waals surface area contributed by atoms with Gasteiger partial charge in [0.25, 0.3) is 0 Å². The third-order valence-corrected chi connectivity index (χ3v) is 4.40. The lowest BCUT2D eigenvalue weighted by Gasteiger charge is -2.30. The zero-order valence-electron chi connectivity index (χ0n) is 11.1. The number of hydrogen-bond donors (Lipinski definition) is 1. The fraction of sp³-hybridized carbons (Fsp3) is 0.714. The van der Waals surface area contributed by atoms with Crippen LogP contribution in [0.25, 0.3) is 0 Å². The van der Waals surface area contributed by atoms with Gasteiger partial charge in [0.1, 0.15) is 5.82 Å². The smallest absolute Gasteiger partial charge is 0.224 e. The number of hydrogen-bond acceptors (Lipinski definition) is 4. The van der Waals surface area contributed by atoms with Crippen molar-refractivity contribution in [3.63, 3.8) is 0 Å². The molecular formula is C14H22N4. The predicted molar refractivity (Wildman–Crippen MR) is 73.9 cm³/mol. The van der Waals surface area contributed by atoms with E-state index in [4.69, 9.17) is 0 Å². The van der Waals surface area contributed by atoms with Gasteiger partial charge in [-0.05, 0) is 37.7 Å². The van der Waals surface area contributed by atoms with E-state index in [1.54, 1.807) is 0 Å². The highest BCUT2D eigenvalue weighted by Gasteiger charge is 2.33. The molecule has 0 amide bonds. The first-order valence-electron chi connectivity index (χ1n) is 7.16. The summed E-state index contributed by atoms with van der Waals surface area (Å²) in [6.07, 6.45) is 10.2. The summed E-state index contributed by atoms with van der Waals surface area (Å²) in [6.45, 7) is 1.15. The van der Waals surface area contributed by atoms with E-state index < -0.39 is 0 Å². The van der Waals surface area contributed by atoms with E-state index >= 15 is 0 Å². The Kier molecular flexibility index (Phi) is 3.35. The van der Waals surface area contributed by atoms with Crippen LogP contribution in [0.1, 0.15) is 38.5 Å². The lowest BCUT2D eigenvalue weighted by molar-refractivity contribution is 0.429. The molecular weight excluding hydrogens is 224 g/mol. The lowest BCUT2D eigenvalue weighted by atomic mass is 9.96. The summed E-state index contributed by atoms with van der Waals surface area (Å²) in [6, 6.07) is 2.76. The van der Waals surface area contributed by atoms with Crippen molar-refractivity contribution in [1.29, 1.82) is 0 Å². The molecule has 2 heterocycles. The monoisotopic (exact) mass is 246 g/mol. The Bertz CT molecular complexity index is 401. The topological polar surface area (TPSA) is 41.1 Å². The second-order valence-electron chi connectivity index (χ2n) is 5.44. The maximum atomic E-state index is 4.60. The number of rotatable bonds is 3. The van der Waals surface area contributed by atoms with Crippen LogP contribution >= 0.6 is 0 Å². The van der Waals surface area contributed by atoms with E-state index in [-0.39, 0.29) is 0 Å². The van der Waals surface area contributed by atoms with Crippen molar-refractivity contribution in [2.75, 3.05) is 23.8 Å². The molecule has 1 aliphatic carbocycles. The molecule has 1 aliphatic heterocycles. The molecule has 1 atom stereocenters. The van der Waals surface area contributed by atoms with Gasteiger partial charge in [-0.3, -0.25) is 0 Å². The molecule has 2 aliphatic rings. The average molecular weight is 246 g/mol. The molecule has 18 heavy (non-hydrogen) atoms. The summed E-state index contributed by atoms with van der Waals surface area (Å²) in [5.74, 6) is 2.72. The van der Waals surface area contributed by atoms with Crippen molar-refractivity contribution in [3.05, 3.63) is 12.3 Å². The van der Waals surface area contributed by atoms with Crippen LogP contribution in [-0.4, -0.2) is 29.6 Å². The van der Waals surface area contributed by atoms with Crippen LogP contribution in [0.5, 0.6) is 0 Å². The minimum absolute atomic E-state index is 0.715. The molecule has 2 fully saturated rings. The van der Waals surface area contributed by atoms with Crippen molar-refractivity contribution in [2.45, 2.75) is 44.6 Å². The summed E-state index contributed by atoms with van der Waals surface area (Å²) in [4.78, 5) is 11.3. The minimum Gasteiger partial charge on any atom is -0.357 e. The van der Waals surface area contributed by atoms with Crippen LogP contribution in [0, 0.1) is 5.92 Å². The molecule has 0 radical (unpaired) electrons. The number of anilines is 2. The molecule has 0 bridgehead atoms.